The number of hydrogen-bond acceptors (Lipinski definition) is 7. The first-order valence-electron chi connectivity index (χ1n) is 9.49. The van der Waals surface area contributed by atoms with Crippen molar-refractivity contribution in [2.45, 2.75) is 26.2 Å². The van der Waals surface area contributed by atoms with E-state index in [9.17, 15) is 4.79 Å². The van der Waals surface area contributed by atoms with Gasteiger partial charge in [-0.15, -0.1) is 11.3 Å². The lowest BCUT2D eigenvalue weighted by Gasteiger charge is -2.22. The van der Waals surface area contributed by atoms with Gasteiger partial charge >= 0.3 is 0 Å². The maximum Gasteiger partial charge on any atom is 0.263 e. The number of amides is 1. The molecule has 0 bridgehead atoms. The van der Waals surface area contributed by atoms with E-state index >= 15 is 0 Å². The molecule has 8 heteroatoms. The number of hydrogen-bond donors (Lipinski definition) is 0. The summed E-state index contributed by atoms with van der Waals surface area (Å²) in [4.78, 5) is 26.6. The Hall–Kier alpha value is -2.74. The number of thiophene rings is 1. The van der Waals surface area contributed by atoms with Crippen LogP contribution in [0.3, 0.4) is 0 Å². The van der Waals surface area contributed by atoms with Gasteiger partial charge in [-0.3, -0.25) is 4.79 Å². The Morgan fingerprint density at radius 2 is 2.11 bits per heavy atom. The van der Waals surface area contributed by atoms with Gasteiger partial charge in [0.25, 0.3) is 11.8 Å². The van der Waals surface area contributed by atoms with Crippen molar-refractivity contribution in [1.29, 1.82) is 0 Å². The van der Waals surface area contributed by atoms with Crippen LogP contribution in [0.25, 0.3) is 11.5 Å². The van der Waals surface area contributed by atoms with Crippen LogP contribution in [-0.2, 0) is 0 Å². The van der Waals surface area contributed by atoms with Gasteiger partial charge in [-0.1, -0.05) is 25.1 Å². The zero-order chi connectivity index (χ0) is 19.5. The molecule has 1 amide bonds. The van der Waals surface area contributed by atoms with Crippen LogP contribution >= 0.6 is 11.3 Å². The number of nitrogens with zero attached hydrogens (tertiary/aromatic N) is 5. The second kappa shape index (κ2) is 8.10. The van der Waals surface area contributed by atoms with Gasteiger partial charge in [-0.2, -0.15) is 4.98 Å². The first-order valence-corrected chi connectivity index (χ1v) is 10.4. The van der Waals surface area contributed by atoms with E-state index in [1.54, 1.807) is 6.20 Å². The van der Waals surface area contributed by atoms with Gasteiger partial charge in [0.2, 0.25) is 0 Å². The highest BCUT2D eigenvalue weighted by molar-refractivity contribution is 7.12. The summed E-state index contributed by atoms with van der Waals surface area (Å²) < 4.78 is 5.41. The van der Waals surface area contributed by atoms with E-state index in [4.69, 9.17) is 4.52 Å². The lowest BCUT2D eigenvalue weighted by Crippen LogP contribution is -2.35. The first kappa shape index (κ1) is 18.6. The van der Waals surface area contributed by atoms with Gasteiger partial charge in [0.1, 0.15) is 5.82 Å². The molecule has 0 radical (unpaired) electrons. The third-order valence-electron chi connectivity index (χ3n) is 4.79. The minimum Gasteiger partial charge on any atom is -0.355 e. The summed E-state index contributed by atoms with van der Waals surface area (Å²) >= 11 is 1.49. The number of anilines is 1. The van der Waals surface area contributed by atoms with Crippen molar-refractivity contribution in [3.05, 3.63) is 46.5 Å². The largest absolute Gasteiger partial charge is 0.355 e. The number of carbonyl (C=O) groups is 1. The van der Waals surface area contributed by atoms with Crippen molar-refractivity contribution >= 4 is 23.1 Å². The molecule has 0 N–H and O–H groups in total. The molecule has 1 saturated heterocycles. The van der Waals surface area contributed by atoms with Gasteiger partial charge in [0.05, 0.1) is 4.88 Å². The molecule has 0 saturated carbocycles. The second-order valence-electron chi connectivity index (χ2n) is 7.13. The number of pyridine rings is 1. The molecule has 0 unspecified atom stereocenters. The van der Waals surface area contributed by atoms with Crippen LogP contribution in [0.4, 0.5) is 5.82 Å². The maximum atomic E-state index is 12.6. The summed E-state index contributed by atoms with van der Waals surface area (Å²) in [6.45, 7) is 7.11. The van der Waals surface area contributed by atoms with Crippen molar-refractivity contribution < 1.29 is 9.32 Å². The van der Waals surface area contributed by atoms with Gasteiger partial charge in [0.15, 0.2) is 5.82 Å². The van der Waals surface area contributed by atoms with Crippen LogP contribution in [0.5, 0.6) is 0 Å². The smallest absolute Gasteiger partial charge is 0.263 e. The molecule has 0 aromatic carbocycles. The molecule has 28 heavy (non-hydrogen) atoms. The van der Waals surface area contributed by atoms with Gasteiger partial charge < -0.3 is 14.3 Å². The van der Waals surface area contributed by atoms with Gasteiger partial charge in [0, 0.05) is 43.9 Å². The van der Waals surface area contributed by atoms with Crippen LogP contribution in [0.2, 0.25) is 0 Å². The standard InChI is InChI=1S/C20H23N5O2S/c1-14(2)18-22-19(27-23-18)15-6-7-21-17(13-15)24-8-4-9-25(11-10-24)20(26)16-5-3-12-28-16/h3,5-7,12-14H,4,8-11H2,1-2H3. The fourth-order valence-corrected chi connectivity index (χ4v) is 3.91. The zero-order valence-electron chi connectivity index (χ0n) is 16.0. The molecule has 4 rings (SSSR count). The summed E-state index contributed by atoms with van der Waals surface area (Å²) in [7, 11) is 0. The minimum absolute atomic E-state index is 0.116. The Kier molecular flexibility index (Phi) is 5.38. The lowest BCUT2D eigenvalue weighted by atomic mass is 10.2. The number of rotatable bonds is 4. The minimum atomic E-state index is 0.116. The summed E-state index contributed by atoms with van der Waals surface area (Å²) in [5, 5.41) is 5.98. The van der Waals surface area contributed by atoms with E-state index in [0.29, 0.717) is 18.3 Å². The molecular formula is C20H23N5O2S. The summed E-state index contributed by atoms with van der Waals surface area (Å²) in [6, 6.07) is 7.66. The molecule has 1 fully saturated rings. The summed E-state index contributed by atoms with van der Waals surface area (Å²) in [5.41, 5.74) is 0.861. The van der Waals surface area contributed by atoms with E-state index < -0.39 is 0 Å². The van der Waals surface area contributed by atoms with Crippen molar-refractivity contribution in [2.24, 2.45) is 0 Å². The third kappa shape index (κ3) is 3.91. The van der Waals surface area contributed by atoms with E-state index in [0.717, 1.165) is 42.3 Å². The van der Waals surface area contributed by atoms with Crippen molar-refractivity contribution in [2.75, 3.05) is 31.1 Å². The SMILES string of the molecule is CC(C)c1noc(-c2ccnc(N3CCCN(C(=O)c4cccs4)CC3)c2)n1. The van der Waals surface area contributed by atoms with Gasteiger partial charge in [-0.25, -0.2) is 4.98 Å². The molecule has 7 nitrogen and oxygen atoms in total. The molecule has 0 aliphatic carbocycles. The van der Waals surface area contributed by atoms with Crippen molar-refractivity contribution in [3.63, 3.8) is 0 Å². The van der Waals surface area contributed by atoms with E-state index in [1.165, 1.54) is 11.3 Å². The molecule has 1 aliphatic rings. The molecule has 0 spiro atoms. The molecule has 0 atom stereocenters. The predicted molar refractivity (Wildman–Crippen MR) is 109 cm³/mol. The topological polar surface area (TPSA) is 75.4 Å². The first-order chi connectivity index (χ1) is 13.6. The molecule has 146 valence electrons. The lowest BCUT2D eigenvalue weighted by molar-refractivity contribution is 0.0772. The molecule has 3 aromatic rings. The van der Waals surface area contributed by atoms with Gasteiger partial charge in [-0.05, 0) is 30.0 Å². The second-order valence-corrected chi connectivity index (χ2v) is 8.07. The van der Waals surface area contributed by atoms with E-state index in [2.05, 4.69) is 20.0 Å². The van der Waals surface area contributed by atoms with E-state index in [-0.39, 0.29) is 11.8 Å². The Labute approximate surface area is 168 Å². The maximum absolute atomic E-state index is 12.6. The van der Waals surface area contributed by atoms with Crippen LogP contribution in [0.15, 0.2) is 40.4 Å². The fraction of sp³-hybridized carbons (Fsp3) is 0.400. The monoisotopic (exact) mass is 397 g/mol. The fourth-order valence-electron chi connectivity index (χ4n) is 3.22. The highest BCUT2D eigenvalue weighted by atomic mass is 32.1. The third-order valence-corrected chi connectivity index (χ3v) is 5.65. The van der Waals surface area contributed by atoms with Crippen LogP contribution < -0.4 is 4.90 Å². The quantitative estimate of drug-likeness (QED) is 0.669. The van der Waals surface area contributed by atoms with Crippen LogP contribution in [-0.4, -0.2) is 52.1 Å². The van der Waals surface area contributed by atoms with Crippen molar-refractivity contribution in [3.8, 4) is 11.5 Å². The summed E-state index contributed by atoms with van der Waals surface area (Å²) in [5.74, 6) is 2.41. The average molecular weight is 398 g/mol. The summed E-state index contributed by atoms with van der Waals surface area (Å²) in [6.07, 6.45) is 2.67. The normalized spacial score (nSPS) is 15.1. The van der Waals surface area contributed by atoms with E-state index in [1.807, 2.05) is 48.4 Å². The number of carbonyl (C=O) groups excluding carboxylic acids is 1. The van der Waals surface area contributed by atoms with Crippen molar-refractivity contribution in [1.82, 2.24) is 20.0 Å². The number of aromatic nitrogens is 3. The highest BCUT2D eigenvalue weighted by Crippen LogP contribution is 2.24. The Balaban J connectivity index is 1.48. The zero-order valence-corrected chi connectivity index (χ0v) is 16.9. The predicted octanol–water partition coefficient (Wildman–Crippen LogP) is 3.67. The Morgan fingerprint density at radius 3 is 2.86 bits per heavy atom. The highest BCUT2D eigenvalue weighted by Gasteiger charge is 2.22. The average Bonchev–Trinajstić information content (AvgIpc) is 3.36. The Bertz CT molecular complexity index is 938. The molecule has 4 heterocycles. The van der Waals surface area contributed by atoms with Crippen LogP contribution in [0.1, 0.15) is 41.7 Å². The molecule has 3 aromatic heterocycles. The molecule has 1 aliphatic heterocycles. The molecular weight excluding hydrogens is 374 g/mol. The Morgan fingerprint density at radius 1 is 1.21 bits per heavy atom. The van der Waals surface area contributed by atoms with Crippen LogP contribution in [0, 0.1) is 0 Å².